The molecule has 1 fully saturated rings. The molecule has 1 saturated heterocycles. The Kier molecular flexibility index (Phi) is 3.43. The summed E-state index contributed by atoms with van der Waals surface area (Å²) in [5.74, 6) is -0.457. The molecule has 0 atom stereocenters. The van der Waals surface area contributed by atoms with Crippen molar-refractivity contribution in [1.82, 2.24) is 9.80 Å². The van der Waals surface area contributed by atoms with Gasteiger partial charge in [-0.2, -0.15) is 9.80 Å². The predicted octanol–water partition coefficient (Wildman–Crippen LogP) is 6.09. The molecular weight excluding hydrogens is 428 g/mol. The van der Waals surface area contributed by atoms with Crippen LogP contribution in [0.2, 0.25) is 0 Å². The summed E-state index contributed by atoms with van der Waals surface area (Å²) in [6.07, 6.45) is 18.1. The van der Waals surface area contributed by atoms with Gasteiger partial charge in [0, 0.05) is 33.4 Å². The highest BCUT2D eigenvalue weighted by Gasteiger charge is 2.84. The molecule has 0 bridgehead atoms. The van der Waals surface area contributed by atoms with Crippen molar-refractivity contribution in [2.24, 2.45) is 0 Å². The van der Waals surface area contributed by atoms with E-state index in [2.05, 4.69) is 96.9 Å². The fourth-order valence-corrected chi connectivity index (χ4v) is 8.24. The van der Waals surface area contributed by atoms with Crippen molar-refractivity contribution in [3.63, 3.8) is 0 Å². The van der Waals surface area contributed by atoms with Gasteiger partial charge in [0.05, 0.1) is 22.8 Å². The first-order valence-corrected chi connectivity index (χ1v) is 13.4. The zero-order valence-electron chi connectivity index (χ0n) is 21.6. The van der Waals surface area contributed by atoms with Crippen LogP contribution in [0.4, 0.5) is 0 Å². The van der Waals surface area contributed by atoms with Gasteiger partial charge in [-0.3, -0.25) is 0 Å². The van der Waals surface area contributed by atoms with Crippen molar-refractivity contribution in [3.05, 3.63) is 104 Å². The molecule has 0 aromatic heterocycles. The minimum Gasteiger partial charge on any atom is -0.197 e. The van der Waals surface area contributed by atoms with Crippen molar-refractivity contribution in [2.45, 2.75) is 73.1 Å². The number of allylic oxidation sites excluding steroid dienone is 12. The summed E-state index contributed by atoms with van der Waals surface area (Å²) in [5, 5.41) is 0. The largest absolute Gasteiger partial charge is 0.554 e. The van der Waals surface area contributed by atoms with E-state index in [1.54, 1.807) is 11.1 Å². The van der Waals surface area contributed by atoms with Gasteiger partial charge in [0.1, 0.15) is 0 Å². The number of hydrogen-bond acceptors (Lipinski definition) is 2. The Morgan fingerprint density at radius 1 is 0.629 bits per heavy atom. The van der Waals surface area contributed by atoms with Crippen LogP contribution >= 0.6 is 0 Å². The maximum atomic E-state index is 2.75. The molecule has 8 heterocycles. The summed E-state index contributed by atoms with van der Waals surface area (Å²) in [4.78, 5) is 5.31. The molecule has 0 aliphatic carbocycles. The SMILES string of the molecule is CCC1=C(CC)C2=[N+]3C1=C1C(CC)=C(CC)C4=[N+]1C31N3C(=CC=CC3=C2C)C2=CC=CC(=C4C)N21. The smallest absolute Gasteiger partial charge is 0.197 e. The Morgan fingerprint density at radius 3 is 1.40 bits per heavy atom. The molecule has 0 saturated carbocycles. The highest BCUT2D eigenvalue weighted by Crippen LogP contribution is 2.63. The van der Waals surface area contributed by atoms with Crippen molar-refractivity contribution >= 4 is 11.4 Å². The Morgan fingerprint density at radius 2 is 1.03 bits per heavy atom. The van der Waals surface area contributed by atoms with Gasteiger partial charge in [-0.1, -0.05) is 49.0 Å². The molecular formula is C31H32N4+2. The van der Waals surface area contributed by atoms with E-state index < -0.39 is 5.91 Å². The molecule has 1 spiro atoms. The van der Waals surface area contributed by atoms with E-state index in [0.29, 0.717) is 0 Å². The predicted molar refractivity (Wildman–Crippen MR) is 139 cm³/mol. The molecule has 8 aliphatic heterocycles. The minimum atomic E-state index is -0.457. The highest BCUT2D eigenvalue weighted by atomic mass is 15.7. The summed E-state index contributed by atoms with van der Waals surface area (Å²) in [6, 6.07) is 0. The molecule has 4 nitrogen and oxygen atoms in total. The van der Waals surface area contributed by atoms with Crippen molar-refractivity contribution in [1.29, 1.82) is 0 Å². The van der Waals surface area contributed by atoms with Gasteiger partial charge in [-0.05, 0) is 63.8 Å². The standard InChI is InChI=1S/C31H32N4/c1-7-19-21(9-3)29-30-22(10-4)20(8-2)28-18(6)24-14-12-16-26-25-15-11-13-23-17(5)27(19)34(29)31(32(23)25,33(24)26)35(28)30/h11-16H,7-10H2,1-6H3/q+2. The Balaban J connectivity index is 1.64. The molecule has 35 heavy (non-hydrogen) atoms. The molecule has 8 aliphatic rings. The van der Waals surface area contributed by atoms with Crippen molar-refractivity contribution < 1.29 is 9.15 Å². The highest BCUT2D eigenvalue weighted by molar-refractivity contribution is 6.15. The molecule has 0 aromatic carbocycles. The zero-order chi connectivity index (χ0) is 24.0. The third kappa shape index (κ3) is 1.72. The van der Waals surface area contributed by atoms with Crippen LogP contribution in [0.5, 0.6) is 0 Å². The fraction of sp³-hybridized carbons (Fsp3) is 0.355. The van der Waals surface area contributed by atoms with E-state index in [1.807, 2.05) is 0 Å². The van der Waals surface area contributed by atoms with E-state index in [-0.39, 0.29) is 0 Å². The summed E-state index contributed by atoms with van der Waals surface area (Å²) in [6.45, 7) is 14.1. The third-order valence-electron chi connectivity index (χ3n) is 9.33. The van der Waals surface area contributed by atoms with Crippen LogP contribution in [-0.4, -0.2) is 36.3 Å². The van der Waals surface area contributed by atoms with Gasteiger partial charge in [0.25, 0.3) is 11.4 Å². The Bertz CT molecular complexity index is 1460. The van der Waals surface area contributed by atoms with Crippen LogP contribution in [0.25, 0.3) is 0 Å². The Hall–Kier alpha value is -3.40. The van der Waals surface area contributed by atoms with E-state index in [1.165, 1.54) is 67.9 Å². The van der Waals surface area contributed by atoms with Gasteiger partial charge in [-0.25, -0.2) is 0 Å². The molecule has 8 rings (SSSR count). The number of fused-ring (bicyclic) bond motifs is 1. The molecule has 0 amide bonds. The normalized spacial score (nSPS) is 25.9. The van der Waals surface area contributed by atoms with Crippen LogP contribution in [0.15, 0.2) is 104 Å². The molecule has 0 unspecified atom stereocenters. The van der Waals surface area contributed by atoms with Gasteiger partial charge < -0.3 is 0 Å². The van der Waals surface area contributed by atoms with Crippen LogP contribution in [0, 0.1) is 0 Å². The summed E-state index contributed by atoms with van der Waals surface area (Å²) in [7, 11) is 0. The quantitative estimate of drug-likeness (QED) is 0.471. The van der Waals surface area contributed by atoms with Crippen molar-refractivity contribution in [2.75, 3.05) is 0 Å². The van der Waals surface area contributed by atoms with Crippen LogP contribution in [0.3, 0.4) is 0 Å². The van der Waals surface area contributed by atoms with Crippen LogP contribution in [-0.2, 0) is 0 Å². The molecule has 0 radical (unpaired) electrons. The average Bonchev–Trinajstić information content (AvgIpc) is 3.57. The van der Waals surface area contributed by atoms with Gasteiger partial charge >= 0.3 is 5.91 Å². The molecule has 174 valence electrons. The van der Waals surface area contributed by atoms with Crippen LogP contribution < -0.4 is 0 Å². The average molecular weight is 461 g/mol. The topological polar surface area (TPSA) is 12.5 Å². The molecule has 4 heteroatoms. The second-order valence-corrected chi connectivity index (χ2v) is 10.5. The molecule has 0 aromatic rings. The summed E-state index contributed by atoms with van der Waals surface area (Å²) >= 11 is 0. The lowest BCUT2D eigenvalue weighted by atomic mass is 9.92. The van der Waals surface area contributed by atoms with E-state index in [4.69, 9.17) is 0 Å². The van der Waals surface area contributed by atoms with Gasteiger partial charge in [0.15, 0.2) is 0 Å². The lowest BCUT2D eigenvalue weighted by Gasteiger charge is -2.39. The number of nitrogens with zero attached hydrogens (tertiary/aromatic N) is 4. The number of hydrogen-bond donors (Lipinski definition) is 0. The van der Waals surface area contributed by atoms with Crippen LogP contribution in [0.1, 0.15) is 67.2 Å². The monoisotopic (exact) mass is 460 g/mol. The first-order chi connectivity index (χ1) is 17.1. The first kappa shape index (κ1) is 19.9. The lowest BCUT2D eigenvalue weighted by Crippen LogP contribution is -2.68. The van der Waals surface area contributed by atoms with E-state index >= 15 is 0 Å². The van der Waals surface area contributed by atoms with Crippen molar-refractivity contribution in [3.8, 4) is 0 Å². The Labute approximate surface area is 207 Å². The second kappa shape index (κ2) is 6.04. The summed E-state index contributed by atoms with van der Waals surface area (Å²) < 4.78 is 5.50. The van der Waals surface area contributed by atoms with E-state index in [9.17, 15) is 0 Å². The summed E-state index contributed by atoms with van der Waals surface area (Å²) in [5.41, 5.74) is 20.1. The third-order valence-corrected chi connectivity index (χ3v) is 9.33. The maximum Gasteiger partial charge on any atom is 0.554 e. The van der Waals surface area contributed by atoms with Gasteiger partial charge in [-0.15, -0.1) is 0 Å². The van der Waals surface area contributed by atoms with Gasteiger partial charge in [0.2, 0.25) is 11.4 Å². The fourth-order valence-electron chi connectivity index (χ4n) is 8.24. The first-order valence-electron chi connectivity index (χ1n) is 13.4. The molecule has 0 N–H and O–H groups in total. The minimum absolute atomic E-state index is 0.457. The van der Waals surface area contributed by atoms with E-state index in [0.717, 1.165) is 25.7 Å². The zero-order valence-corrected chi connectivity index (χ0v) is 21.6. The number of rotatable bonds is 4. The lowest BCUT2D eigenvalue weighted by molar-refractivity contribution is -0.805. The second-order valence-electron chi connectivity index (χ2n) is 10.5. The maximum absolute atomic E-state index is 2.75.